The smallest absolute Gasteiger partial charge is 0.298 e. The van der Waals surface area contributed by atoms with E-state index in [4.69, 9.17) is 4.74 Å². The second-order valence-corrected chi connectivity index (χ2v) is 6.46. The van der Waals surface area contributed by atoms with Crippen LogP contribution < -0.4 is 5.56 Å². The van der Waals surface area contributed by atoms with E-state index >= 15 is 0 Å². The van der Waals surface area contributed by atoms with Crippen molar-refractivity contribution in [1.82, 2.24) is 24.8 Å². The third-order valence-corrected chi connectivity index (χ3v) is 5.02. The Labute approximate surface area is 140 Å². The lowest BCUT2D eigenvalue weighted by molar-refractivity contribution is 0.149. The standard InChI is InChI=1S/C16H14FN5O3/c17-11-4-2-1-3-8(11)5-21-15(23)12-13(19-21)16(24)22(20-18-12)14-9-6-25-7-10(9)14/h1-4,9-10,14,23H,5-7H2/t9-,10+,14?. The molecule has 25 heavy (non-hydrogen) atoms. The topological polar surface area (TPSA) is 95.1 Å². The van der Waals surface area contributed by atoms with Gasteiger partial charge in [0.2, 0.25) is 5.88 Å². The van der Waals surface area contributed by atoms with E-state index in [1.165, 1.54) is 15.4 Å². The largest absolute Gasteiger partial charge is 0.492 e. The summed E-state index contributed by atoms with van der Waals surface area (Å²) in [6.45, 7) is 1.24. The molecule has 1 N–H and O–H groups in total. The quantitative estimate of drug-likeness (QED) is 0.752. The van der Waals surface area contributed by atoms with Crippen LogP contribution in [0.4, 0.5) is 4.39 Å². The number of hydrogen-bond acceptors (Lipinski definition) is 6. The lowest BCUT2D eigenvalue weighted by Crippen LogP contribution is -2.26. The van der Waals surface area contributed by atoms with Crippen LogP contribution in [-0.2, 0) is 11.3 Å². The highest BCUT2D eigenvalue weighted by Crippen LogP contribution is 2.53. The molecule has 1 unspecified atom stereocenters. The van der Waals surface area contributed by atoms with Gasteiger partial charge < -0.3 is 9.84 Å². The Balaban J connectivity index is 1.56. The Morgan fingerprint density at radius 1 is 1.24 bits per heavy atom. The van der Waals surface area contributed by atoms with Crippen LogP contribution >= 0.6 is 0 Å². The summed E-state index contributed by atoms with van der Waals surface area (Å²) in [6.07, 6.45) is 0. The number of aromatic hydroxyl groups is 1. The third-order valence-electron chi connectivity index (χ3n) is 5.02. The molecule has 8 nitrogen and oxygen atoms in total. The highest BCUT2D eigenvalue weighted by molar-refractivity contribution is 5.77. The molecule has 1 saturated heterocycles. The van der Waals surface area contributed by atoms with E-state index in [9.17, 15) is 14.3 Å². The number of benzene rings is 1. The first-order valence-corrected chi connectivity index (χ1v) is 8.01. The van der Waals surface area contributed by atoms with Crippen LogP contribution in [0.3, 0.4) is 0 Å². The summed E-state index contributed by atoms with van der Waals surface area (Å²) in [5, 5.41) is 22.3. The SMILES string of the molecule is O=c1c2nn(Cc3ccccc3F)c(O)c2nnn1C1[C@H]2COC[C@@H]12. The van der Waals surface area contributed by atoms with Crippen LogP contribution in [0.25, 0.3) is 11.0 Å². The molecule has 1 aromatic carbocycles. The summed E-state index contributed by atoms with van der Waals surface area (Å²) in [5.74, 6) is -0.123. The van der Waals surface area contributed by atoms with Crippen LogP contribution in [0.2, 0.25) is 0 Å². The number of aromatic nitrogens is 5. The number of ether oxygens (including phenoxy) is 1. The van der Waals surface area contributed by atoms with Crippen LogP contribution in [0.5, 0.6) is 5.88 Å². The minimum Gasteiger partial charge on any atom is -0.492 e. The molecule has 1 aliphatic carbocycles. The molecule has 2 aromatic heterocycles. The first-order valence-electron chi connectivity index (χ1n) is 8.01. The minimum absolute atomic E-state index is 0.00315. The second-order valence-electron chi connectivity index (χ2n) is 6.46. The molecular formula is C16H14FN5O3. The number of halogens is 1. The number of rotatable bonds is 3. The predicted molar refractivity (Wildman–Crippen MR) is 83.6 cm³/mol. The van der Waals surface area contributed by atoms with Crippen molar-refractivity contribution in [2.24, 2.45) is 11.8 Å². The molecule has 2 aliphatic rings. The summed E-state index contributed by atoms with van der Waals surface area (Å²) in [4.78, 5) is 12.7. The van der Waals surface area contributed by atoms with E-state index < -0.39 is 11.4 Å². The molecule has 1 saturated carbocycles. The molecule has 128 valence electrons. The lowest BCUT2D eigenvalue weighted by atomic mass is 10.2. The molecule has 3 aromatic rings. The van der Waals surface area contributed by atoms with E-state index in [0.717, 1.165) is 0 Å². The van der Waals surface area contributed by atoms with Gasteiger partial charge in [-0.2, -0.15) is 5.10 Å². The van der Waals surface area contributed by atoms with Crippen molar-refractivity contribution in [1.29, 1.82) is 0 Å². The zero-order valence-electron chi connectivity index (χ0n) is 13.0. The lowest BCUT2D eigenvalue weighted by Gasteiger charge is -2.04. The Kier molecular flexibility index (Phi) is 2.96. The Bertz CT molecular complexity index is 1040. The van der Waals surface area contributed by atoms with Crippen molar-refractivity contribution in [3.8, 4) is 5.88 Å². The van der Waals surface area contributed by atoms with Gasteiger partial charge in [0.1, 0.15) is 5.82 Å². The zero-order chi connectivity index (χ0) is 17.1. The molecule has 2 fully saturated rings. The van der Waals surface area contributed by atoms with Gasteiger partial charge in [-0.15, -0.1) is 5.10 Å². The highest BCUT2D eigenvalue weighted by atomic mass is 19.1. The summed E-state index contributed by atoms with van der Waals surface area (Å²) < 4.78 is 21.7. The molecule has 0 radical (unpaired) electrons. The average molecular weight is 343 g/mol. The Morgan fingerprint density at radius 2 is 2.00 bits per heavy atom. The molecule has 9 heteroatoms. The molecule has 3 heterocycles. The predicted octanol–water partition coefficient (Wildman–Crippen LogP) is 0.698. The van der Waals surface area contributed by atoms with Gasteiger partial charge in [-0.25, -0.2) is 13.8 Å². The Morgan fingerprint density at radius 3 is 2.76 bits per heavy atom. The van der Waals surface area contributed by atoms with Crippen LogP contribution in [0, 0.1) is 17.7 Å². The van der Waals surface area contributed by atoms with Gasteiger partial charge in [-0.3, -0.25) is 4.79 Å². The van der Waals surface area contributed by atoms with Gasteiger partial charge in [0.15, 0.2) is 11.0 Å². The number of hydrogen-bond donors (Lipinski definition) is 1. The van der Waals surface area contributed by atoms with Crippen molar-refractivity contribution in [3.05, 3.63) is 46.0 Å². The fourth-order valence-electron chi connectivity index (χ4n) is 3.59. The molecular weight excluding hydrogens is 329 g/mol. The van der Waals surface area contributed by atoms with E-state index in [1.54, 1.807) is 18.2 Å². The second kappa shape index (κ2) is 5.09. The normalized spacial score (nSPS) is 24.6. The van der Waals surface area contributed by atoms with E-state index in [2.05, 4.69) is 15.4 Å². The molecule has 1 aliphatic heterocycles. The maximum absolute atomic E-state index is 13.8. The van der Waals surface area contributed by atoms with Crippen molar-refractivity contribution in [2.75, 3.05) is 13.2 Å². The van der Waals surface area contributed by atoms with Gasteiger partial charge in [-0.1, -0.05) is 23.4 Å². The van der Waals surface area contributed by atoms with Crippen molar-refractivity contribution >= 4 is 11.0 Å². The average Bonchev–Trinajstić information content (AvgIpc) is 2.93. The van der Waals surface area contributed by atoms with Crippen molar-refractivity contribution < 1.29 is 14.2 Å². The fraction of sp³-hybridized carbons (Fsp3) is 0.375. The van der Waals surface area contributed by atoms with E-state index in [0.29, 0.717) is 30.6 Å². The Hall–Kier alpha value is -2.81. The van der Waals surface area contributed by atoms with Gasteiger partial charge in [0.05, 0.1) is 25.8 Å². The maximum atomic E-state index is 13.8. The van der Waals surface area contributed by atoms with Crippen LogP contribution in [0.1, 0.15) is 11.6 Å². The van der Waals surface area contributed by atoms with Gasteiger partial charge in [-0.05, 0) is 6.07 Å². The van der Waals surface area contributed by atoms with Crippen LogP contribution in [-0.4, -0.2) is 43.1 Å². The zero-order valence-corrected chi connectivity index (χ0v) is 13.0. The van der Waals surface area contributed by atoms with Gasteiger partial charge in [0.25, 0.3) is 5.56 Å². The van der Waals surface area contributed by atoms with Gasteiger partial charge in [0, 0.05) is 17.4 Å². The first kappa shape index (κ1) is 14.5. The molecule has 3 atom stereocenters. The summed E-state index contributed by atoms with van der Waals surface area (Å²) in [5.41, 5.74) is 0.0223. The van der Waals surface area contributed by atoms with Crippen molar-refractivity contribution in [3.63, 3.8) is 0 Å². The third kappa shape index (κ3) is 2.08. The fourth-order valence-corrected chi connectivity index (χ4v) is 3.59. The number of nitrogens with zero attached hydrogens (tertiary/aromatic N) is 5. The van der Waals surface area contributed by atoms with Gasteiger partial charge >= 0.3 is 0 Å². The molecule has 0 spiro atoms. The first-order chi connectivity index (χ1) is 12.1. The summed E-state index contributed by atoms with van der Waals surface area (Å²) >= 11 is 0. The monoisotopic (exact) mass is 343 g/mol. The molecule has 5 rings (SSSR count). The highest BCUT2D eigenvalue weighted by Gasteiger charge is 2.56. The summed E-state index contributed by atoms with van der Waals surface area (Å²) in [6, 6.07) is 6.18. The minimum atomic E-state index is -0.407. The molecule has 0 amide bonds. The number of fused-ring (bicyclic) bond motifs is 2. The molecule has 0 bridgehead atoms. The van der Waals surface area contributed by atoms with Crippen LogP contribution in [0.15, 0.2) is 29.1 Å². The van der Waals surface area contributed by atoms with E-state index in [-0.39, 0.29) is 29.5 Å². The van der Waals surface area contributed by atoms with Crippen molar-refractivity contribution in [2.45, 2.75) is 12.6 Å². The van der Waals surface area contributed by atoms with E-state index in [1.807, 2.05) is 0 Å². The maximum Gasteiger partial charge on any atom is 0.298 e. The summed E-state index contributed by atoms with van der Waals surface area (Å²) in [7, 11) is 0.